The van der Waals surface area contributed by atoms with Crippen molar-refractivity contribution in [3.8, 4) is 5.69 Å². The van der Waals surface area contributed by atoms with Crippen LogP contribution in [0.25, 0.3) is 5.69 Å². The van der Waals surface area contributed by atoms with Crippen LogP contribution >= 0.6 is 24.0 Å². The Bertz CT molecular complexity index is 670. The quantitative estimate of drug-likeness (QED) is 0.863. The van der Waals surface area contributed by atoms with E-state index >= 15 is 0 Å². The van der Waals surface area contributed by atoms with Gasteiger partial charge < -0.3 is 11.1 Å². The zero-order chi connectivity index (χ0) is 16.3. The molecule has 126 valence electrons. The van der Waals surface area contributed by atoms with Crippen molar-refractivity contribution in [2.45, 2.75) is 32.7 Å². The number of amides is 1. The van der Waals surface area contributed by atoms with Crippen LogP contribution in [0.5, 0.6) is 0 Å². The van der Waals surface area contributed by atoms with Crippen molar-refractivity contribution in [1.29, 1.82) is 0 Å². The molecule has 0 saturated carbocycles. The molecule has 23 heavy (non-hydrogen) atoms. The Labute approximate surface area is 147 Å². The molecule has 1 aromatic heterocycles. The van der Waals surface area contributed by atoms with E-state index < -0.39 is 0 Å². The van der Waals surface area contributed by atoms with Gasteiger partial charge in [-0.15, -0.1) is 12.4 Å². The summed E-state index contributed by atoms with van der Waals surface area (Å²) in [4.78, 5) is 12.4. The molecule has 3 N–H and O–H groups in total. The van der Waals surface area contributed by atoms with Crippen LogP contribution in [0.4, 0.5) is 0 Å². The number of carbonyl (C=O) groups is 1. The van der Waals surface area contributed by atoms with Crippen molar-refractivity contribution in [2.75, 3.05) is 6.54 Å². The van der Waals surface area contributed by atoms with E-state index in [0.717, 1.165) is 11.4 Å². The van der Waals surface area contributed by atoms with Gasteiger partial charge in [-0.25, -0.2) is 4.68 Å². The van der Waals surface area contributed by atoms with Crippen LogP contribution in [-0.2, 0) is 0 Å². The van der Waals surface area contributed by atoms with Crippen LogP contribution in [0, 0.1) is 0 Å². The molecule has 0 aliphatic heterocycles. The van der Waals surface area contributed by atoms with Gasteiger partial charge in [0.2, 0.25) is 0 Å². The Morgan fingerprint density at radius 2 is 2.09 bits per heavy atom. The Kier molecular flexibility index (Phi) is 7.06. The van der Waals surface area contributed by atoms with Crippen molar-refractivity contribution in [3.63, 3.8) is 0 Å². The molecule has 2 rings (SSSR count). The highest BCUT2D eigenvalue weighted by atomic mass is 35.5. The molecule has 1 amide bonds. The van der Waals surface area contributed by atoms with E-state index in [0.29, 0.717) is 17.1 Å². The molecule has 0 saturated heterocycles. The Morgan fingerprint density at radius 1 is 1.39 bits per heavy atom. The maximum Gasteiger partial charge on any atom is 0.255 e. The van der Waals surface area contributed by atoms with Crippen molar-refractivity contribution >= 4 is 29.9 Å². The van der Waals surface area contributed by atoms with Gasteiger partial charge in [-0.3, -0.25) is 4.79 Å². The van der Waals surface area contributed by atoms with Crippen molar-refractivity contribution in [3.05, 3.63) is 46.7 Å². The summed E-state index contributed by atoms with van der Waals surface area (Å²) >= 11 is 6.05. The minimum atomic E-state index is -0.157. The molecule has 0 spiro atoms. The summed E-state index contributed by atoms with van der Waals surface area (Å²) in [5, 5.41) is 7.87. The van der Waals surface area contributed by atoms with Crippen LogP contribution in [0.1, 0.15) is 42.7 Å². The van der Waals surface area contributed by atoms with Crippen LogP contribution < -0.4 is 11.1 Å². The second-order valence-corrected chi connectivity index (χ2v) is 6.04. The van der Waals surface area contributed by atoms with E-state index in [1.54, 1.807) is 16.9 Å². The smallest absolute Gasteiger partial charge is 0.255 e. The first kappa shape index (κ1) is 19.5. The lowest BCUT2D eigenvalue weighted by Gasteiger charge is -2.15. The fourth-order valence-corrected chi connectivity index (χ4v) is 2.45. The van der Waals surface area contributed by atoms with Gasteiger partial charge in [0, 0.05) is 17.6 Å². The van der Waals surface area contributed by atoms with E-state index in [4.69, 9.17) is 17.3 Å². The van der Waals surface area contributed by atoms with E-state index in [1.807, 2.05) is 39.0 Å². The monoisotopic (exact) mass is 356 g/mol. The number of halogens is 2. The molecular weight excluding hydrogens is 335 g/mol. The number of nitrogens with one attached hydrogen (secondary N) is 1. The minimum absolute atomic E-state index is 0. The highest BCUT2D eigenvalue weighted by Crippen LogP contribution is 2.24. The fourth-order valence-electron chi connectivity index (χ4n) is 2.26. The molecule has 0 aliphatic carbocycles. The molecule has 1 heterocycles. The molecule has 0 bridgehead atoms. The molecule has 5 nitrogen and oxygen atoms in total. The van der Waals surface area contributed by atoms with Crippen LogP contribution in [0.15, 0.2) is 30.5 Å². The summed E-state index contributed by atoms with van der Waals surface area (Å²) in [6.07, 6.45) is 1.59. The Hall–Kier alpha value is -1.56. The summed E-state index contributed by atoms with van der Waals surface area (Å²) < 4.78 is 1.76. The standard InChI is InChI=1S/C16H21ClN4O.ClH/c1-10(2)15-14(16(22)20-11(3)8-18)9-19-21(15)13-6-4-5-12(17)7-13;/h4-7,9-11H,8,18H2,1-3H3,(H,20,22);1H/t11-;/m0./s1. The number of hydrogen-bond acceptors (Lipinski definition) is 3. The number of nitrogens with zero attached hydrogens (tertiary/aromatic N) is 2. The van der Waals surface area contributed by atoms with Gasteiger partial charge in [0.05, 0.1) is 23.1 Å². The molecular formula is C16H22Cl2N4O. The zero-order valence-corrected chi connectivity index (χ0v) is 15.0. The number of benzene rings is 1. The Morgan fingerprint density at radius 3 is 2.65 bits per heavy atom. The molecule has 2 aromatic rings. The molecule has 1 aromatic carbocycles. The van der Waals surface area contributed by atoms with Gasteiger partial charge in [0.1, 0.15) is 0 Å². The van der Waals surface area contributed by atoms with Crippen molar-refractivity contribution < 1.29 is 4.79 Å². The van der Waals surface area contributed by atoms with Crippen molar-refractivity contribution in [2.24, 2.45) is 5.73 Å². The molecule has 0 radical (unpaired) electrons. The lowest BCUT2D eigenvalue weighted by molar-refractivity contribution is 0.0940. The number of hydrogen-bond donors (Lipinski definition) is 2. The Balaban J connectivity index is 0.00000264. The molecule has 1 atom stereocenters. The highest BCUT2D eigenvalue weighted by Gasteiger charge is 2.21. The largest absolute Gasteiger partial charge is 0.348 e. The summed E-state index contributed by atoms with van der Waals surface area (Å²) in [6.45, 7) is 6.32. The van der Waals surface area contributed by atoms with Gasteiger partial charge >= 0.3 is 0 Å². The van der Waals surface area contributed by atoms with Gasteiger partial charge in [-0.05, 0) is 31.0 Å². The van der Waals surface area contributed by atoms with Gasteiger partial charge in [-0.2, -0.15) is 5.10 Å². The highest BCUT2D eigenvalue weighted by molar-refractivity contribution is 6.30. The lowest BCUT2D eigenvalue weighted by atomic mass is 10.0. The average Bonchev–Trinajstić information content (AvgIpc) is 2.92. The van der Waals surface area contributed by atoms with E-state index in [-0.39, 0.29) is 30.3 Å². The molecule has 0 unspecified atom stereocenters. The predicted octanol–water partition coefficient (Wildman–Crippen LogP) is 3.15. The molecule has 0 aliphatic rings. The third-order valence-electron chi connectivity index (χ3n) is 3.38. The topological polar surface area (TPSA) is 72.9 Å². The predicted molar refractivity (Wildman–Crippen MR) is 95.9 cm³/mol. The number of aromatic nitrogens is 2. The van der Waals surface area contributed by atoms with Crippen LogP contribution in [-0.4, -0.2) is 28.3 Å². The summed E-state index contributed by atoms with van der Waals surface area (Å²) in [5.74, 6) is -0.0228. The van der Waals surface area contributed by atoms with Crippen molar-refractivity contribution in [1.82, 2.24) is 15.1 Å². The average molecular weight is 357 g/mol. The number of rotatable bonds is 5. The van der Waals surface area contributed by atoms with Crippen LogP contribution in [0.3, 0.4) is 0 Å². The van der Waals surface area contributed by atoms with Gasteiger partial charge in [-0.1, -0.05) is 31.5 Å². The van der Waals surface area contributed by atoms with E-state index in [2.05, 4.69) is 10.4 Å². The molecule has 0 fully saturated rings. The summed E-state index contributed by atoms with van der Waals surface area (Å²) in [6, 6.07) is 7.32. The first-order valence-corrected chi connectivity index (χ1v) is 7.66. The third-order valence-corrected chi connectivity index (χ3v) is 3.62. The SMILES string of the molecule is CC(C)c1c(C(=O)N[C@@H](C)CN)cnn1-c1cccc(Cl)c1.Cl. The third kappa shape index (κ3) is 4.47. The molecule has 7 heteroatoms. The maximum absolute atomic E-state index is 12.4. The van der Waals surface area contributed by atoms with E-state index in [1.165, 1.54) is 0 Å². The normalized spacial score (nSPS) is 11.9. The lowest BCUT2D eigenvalue weighted by Crippen LogP contribution is -2.38. The zero-order valence-electron chi connectivity index (χ0n) is 13.4. The first-order valence-electron chi connectivity index (χ1n) is 7.28. The van der Waals surface area contributed by atoms with Gasteiger partial charge in [0.15, 0.2) is 0 Å². The summed E-state index contributed by atoms with van der Waals surface area (Å²) in [5.41, 5.74) is 7.81. The minimum Gasteiger partial charge on any atom is -0.348 e. The van der Waals surface area contributed by atoms with Gasteiger partial charge in [0.25, 0.3) is 5.91 Å². The number of nitrogens with two attached hydrogens (primary N) is 1. The number of carbonyl (C=O) groups excluding carboxylic acids is 1. The summed E-state index contributed by atoms with van der Waals surface area (Å²) in [7, 11) is 0. The second-order valence-electron chi connectivity index (χ2n) is 5.60. The van der Waals surface area contributed by atoms with Crippen LogP contribution in [0.2, 0.25) is 5.02 Å². The van der Waals surface area contributed by atoms with E-state index in [9.17, 15) is 4.79 Å². The first-order chi connectivity index (χ1) is 10.4. The maximum atomic E-state index is 12.4. The fraction of sp³-hybridized carbons (Fsp3) is 0.375. The second kappa shape index (κ2) is 8.34.